The zero-order valence-corrected chi connectivity index (χ0v) is 15.9. The molecule has 0 saturated carbocycles. The van der Waals surface area contributed by atoms with Crippen molar-refractivity contribution in [2.75, 3.05) is 13.4 Å². The van der Waals surface area contributed by atoms with Crippen LogP contribution in [0.1, 0.15) is 52.2 Å². The van der Waals surface area contributed by atoms with Gasteiger partial charge in [0.25, 0.3) is 5.91 Å². The maximum absolute atomic E-state index is 12.3. The minimum absolute atomic E-state index is 0.210. The summed E-state index contributed by atoms with van der Waals surface area (Å²) in [6, 6.07) is 5.30. The Morgan fingerprint density at radius 2 is 2.04 bits per heavy atom. The summed E-state index contributed by atoms with van der Waals surface area (Å²) in [5, 5.41) is 4.69. The van der Waals surface area contributed by atoms with Gasteiger partial charge in [0.05, 0.1) is 11.6 Å². The van der Waals surface area contributed by atoms with E-state index in [2.05, 4.69) is 5.32 Å². The predicted octanol–water partition coefficient (Wildman–Crippen LogP) is 3.39. The maximum atomic E-state index is 12.3. The van der Waals surface area contributed by atoms with E-state index in [1.165, 1.54) is 11.3 Å². The zero-order chi connectivity index (χ0) is 18.8. The van der Waals surface area contributed by atoms with E-state index in [4.69, 9.17) is 14.2 Å². The molecule has 142 valence electrons. The third kappa shape index (κ3) is 3.78. The summed E-state index contributed by atoms with van der Waals surface area (Å²) in [5.74, 6) is 0.616. The first-order chi connectivity index (χ1) is 13.1. The molecule has 1 aliphatic carbocycles. The molecule has 27 heavy (non-hydrogen) atoms. The van der Waals surface area contributed by atoms with Gasteiger partial charge in [0.1, 0.15) is 0 Å². The Morgan fingerprint density at radius 1 is 1.22 bits per heavy atom. The fourth-order valence-electron chi connectivity index (χ4n) is 3.42. The molecule has 0 bridgehead atoms. The van der Waals surface area contributed by atoms with Gasteiger partial charge in [-0.15, -0.1) is 11.3 Å². The Morgan fingerprint density at radius 3 is 2.93 bits per heavy atom. The molecule has 2 heterocycles. The number of ether oxygens (including phenoxy) is 3. The van der Waals surface area contributed by atoms with Gasteiger partial charge in [-0.1, -0.05) is 6.07 Å². The number of esters is 1. The summed E-state index contributed by atoms with van der Waals surface area (Å²) >= 11 is 1.61. The molecule has 1 amide bonds. The van der Waals surface area contributed by atoms with Crippen LogP contribution >= 0.6 is 11.3 Å². The molecular weight excluding hydrogens is 366 g/mol. The van der Waals surface area contributed by atoms with E-state index in [1.807, 2.05) is 30.5 Å². The number of thiophene rings is 1. The molecule has 0 saturated heterocycles. The average Bonchev–Trinajstić information content (AvgIpc) is 3.32. The van der Waals surface area contributed by atoms with Gasteiger partial charge in [-0.3, -0.25) is 4.79 Å². The van der Waals surface area contributed by atoms with Crippen molar-refractivity contribution in [1.29, 1.82) is 0 Å². The Bertz CT molecular complexity index is 875. The normalized spacial score (nSPS) is 15.7. The molecule has 7 heteroatoms. The summed E-state index contributed by atoms with van der Waals surface area (Å²) in [4.78, 5) is 25.8. The fourth-order valence-corrected chi connectivity index (χ4v) is 4.54. The van der Waals surface area contributed by atoms with Crippen LogP contribution in [-0.4, -0.2) is 25.3 Å². The van der Waals surface area contributed by atoms with Crippen LogP contribution in [0, 0.1) is 0 Å². The number of aryl methyl sites for hydroxylation is 1. The van der Waals surface area contributed by atoms with Crippen LogP contribution in [0.15, 0.2) is 23.6 Å². The molecule has 0 radical (unpaired) electrons. The second-order valence-electron chi connectivity index (χ2n) is 6.74. The first-order valence-corrected chi connectivity index (χ1v) is 9.95. The van der Waals surface area contributed by atoms with E-state index >= 15 is 0 Å². The van der Waals surface area contributed by atoms with E-state index < -0.39 is 5.97 Å². The number of hydrogen-bond acceptors (Lipinski definition) is 6. The molecule has 4 rings (SSSR count). The molecule has 0 fully saturated rings. The number of carbonyl (C=O) groups excluding carboxylic acids is 2. The second-order valence-corrected chi connectivity index (χ2v) is 7.70. The molecule has 0 unspecified atom stereocenters. The molecule has 1 atom stereocenters. The highest BCUT2D eigenvalue weighted by Gasteiger charge is 2.22. The Kier molecular flexibility index (Phi) is 5.03. The highest BCUT2D eigenvalue weighted by Crippen LogP contribution is 2.34. The standard InChI is InChI=1S/C20H21NO5S/c1-12(13-6-7-16-17(8-13)26-11-25-16)21-19(22)9-24-20(23)15-10-27-18-5-3-2-4-14(15)18/h6-8,10,12H,2-5,9,11H2,1H3,(H,21,22)/t12-/m1/s1. The molecular formula is C20H21NO5S. The van der Waals surface area contributed by atoms with Gasteiger partial charge in [0.15, 0.2) is 18.1 Å². The summed E-state index contributed by atoms with van der Waals surface area (Å²) < 4.78 is 15.9. The predicted molar refractivity (Wildman–Crippen MR) is 100 cm³/mol. The highest BCUT2D eigenvalue weighted by molar-refractivity contribution is 7.10. The van der Waals surface area contributed by atoms with Gasteiger partial charge in [0, 0.05) is 10.3 Å². The largest absolute Gasteiger partial charge is 0.454 e. The maximum Gasteiger partial charge on any atom is 0.339 e. The van der Waals surface area contributed by atoms with Crippen molar-refractivity contribution in [3.8, 4) is 11.5 Å². The third-order valence-electron chi connectivity index (χ3n) is 4.89. The van der Waals surface area contributed by atoms with Gasteiger partial charge in [-0.25, -0.2) is 4.79 Å². The summed E-state index contributed by atoms with van der Waals surface area (Å²) in [6.07, 6.45) is 4.21. The number of fused-ring (bicyclic) bond motifs is 2. The SMILES string of the molecule is C[C@@H](NC(=O)COC(=O)c1csc2c1CCCC2)c1ccc2c(c1)OCO2. The van der Waals surface area contributed by atoms with E-state index in [9.17, 15) is 9.59 Å². The Balaban J connectivity index is 1.31. The number of benzene rings is 1. The lowest BCUT2D eigenvalue weighted by Gasteiger charge is -2.15. The van der Waals surface area contributed by atoms with Crippen molar-refractivity contribution >= 4 is 23.2 Å². The van der Waals surface area contributed by atoms with Crippen molar-refractivity contribution in [3.63, 3.8) is 0 Å². The molecule has 1 aromatic carbocycles. The second kappa shape index (κ2) is 7.60. The molecule has 2 aromatic rings. The Hall–Kier alpha value is -2.54. The quantitative estimate of drug-likeness (QED) is 0.796. The zero-order valence-electron chi connectivity index (χ0n) is 15.1. The van der Waals surface area contributed by atoms with Crippen LogP contribution in [0.25, 0.3) is 0 Å². The van der Waals surface area contributed by atoms with Gasteiger partial charge >= 0.3 is 5.97 Å². The summed E-state index contributed by atoms with van der Waals surface area (Å²) in [6.45, 7) is 1.78. The van der Waals surface area contributed by atoms with Crippen molar-refractivity contribution in [2.45, 2.75) is 38.6 Å². The van der Waals surface area contributed by atoms with Crippen LogP contribution < -0.4 is 14.8 Å². The van der Waals surface area contributed by atoms with Crippen LogP contribution in [0.5, 0.6) is 11.5 Å². The summed E-state index contributed by atoms with van der Waals surface area (Å²) in [5.41, 5.74) is 2.61. The fraction of sp³-hybridized carbons (Fsp3) is 0.400. The van der Waals surface area contributed by atoms with E-state index in [0.717, 1.165) is 30.4 Å². The molecule has 2 aliphatic rings. The minimum Gasteiger partial charge on any atom is -0.454 e. The minimum atomic E-state index is -0.416. The third-order valence-corrected chi connectivity index (χ3v) is 5.98. The van der Waals surface area contributed by atoms with Crippen molar-refractivity contribution in [3.05, 3.63) is 45.1 Å². The lowest BCUT2D eigenvalue weighted by Crippen LogP contribution is -2.31. The topological polar surface area (TPSA) is 73.9 Å². The van der Waals surface area contributed by atoms with E-state index in [0.29, 0.717) is 17.1 Å². The Labute approximate surface area is 161 Å². The van der Waals surface area contributed by atoms with Crippen LogP contribution in [0.4, 0.5) is 0 Å². The average molecular weight is 387 g/mol. The number of carbonyl (C=O) groups is 2. The molecule has 1 aliphatic heterocycles. The number of rotatable bonds is 5. The van der Waals surface area contributed by atoms with Crippen LogP contribution in [0.2, 0.25) is 0 Å². The lowest BCUT2D eigenvalue weighted by atomic mass is 9.96. The van der Waals surface area contributed by atoms with Gasteiger partial charge in [-0.05, 0) is 55.9 Å². The van der Waals surface area contributed by atoms with Crippen LogP contribution in [0.3, 0.4) is 0 Å². The number of amides is 1. The van der Waals surface area contributed by atoms with Crippen LogP contribution in [-0.2, 0) is 22.4 Å². The van der Waals surface area contributed by atoms with Gasteiger partial charge in [0.2, 0.25) is 6.79 Å². The number of nitrogens with one attached hydrogen (secondary N) is 1. The van der Waals surface area contributed by atoms with Crippen molar-refractivity contribution in [2.24, 2.45) is 0 Å². The molecule has 1 N–H and O–H groups in total. The first-order valence-electron chi connectivity index (χ1n) is 9.07. The monoisotopic (exact) mass is 387 g/mol. The van der Waals surface area contributed by atoms with Crippen molar-refractivity contribution in [1.82, 2.24) is 5.32 Å². The van der Waals surface area contributed by atoms with Gasteiger partial charge in [-0.2, -0.15) is 0 Å². The molecule has 6 nitrogen and oxygen atoms in total. The highest BCUT2D eigenvalue weighted by atomic mass is 32.1. The summed E-state index contributed by atoms with van der Waals surface area (Å²) in [7, 11) is 0. The first kappa shape index (κ1) is 17.9. The van der Waals surface area contributed by atoms with E-state index in [1.54, 1.807) is 11.3 Å². The molecule has 0 spiro atoms. The number of hydrogen-bond donors (Lipinski definition) is 1. The lowest BCUT2D eigenvalue weighted by molar-refractivity contribution is -0.124. The van der Waals surface area contributed by atoms with Crippen molar-refractivity contribution < 1.29 is 23.8 Å². The smallest absolute Gasteiger partial charge is 0.339 e. The van der Waals surface area contributed by atoms with Gasteiger partial charge < -0.3 is 19.5 Å². The van der Waals surface area contributed by atoms with E-state index in [-0.39, 0.29) is 25.3 Å². The molecule has 1 aromatic heterocycles.